The van der Waals surface area contributed by atoms with Gasteiger partial charge in [0.1, 0.15) is 19.1 Å². The molecule has 0 radical (unpaired) electrons. The molecule has 0 spiro atoms. The number of benzene rings is 1. The number of hydrogen-bond acceptors (Lipinski definition) is 10. The highest BCUT2D eigenvalue weighted by molar-refractivity contribution is 6.03. The lowest BCUT2D eigenvalue weighted by molar-refractivity contribution is -0.174. The Labute approximate surface area is 192 Å². The summed E-state index contributed by atoms with van der Waals surface area (Å²) in [5, 5.41) is 11.1. The predicted octanol–water partition coefficient (Wildman–Crippen LogP) is 0.892. The molecule has 0 saturated heterocycles. The molecule has 1 aliphatic rings. The van der Waals surface area contributed by atoms with Gasteiger partial charge in [0.25, 0.3) is 0 Å². The van der Waals surface area contributed by atoms with Crippen LogP contribution in [-0.2, 0) is 38.1 Å². The normalized spacial score (nSPS) is 24.8. The lowest BCUT2D eigenvalue weighted by Gasteiger charge is -2.43. The van der Waals surface area contributed by atoms with Crippen LogP contribution in [0, 0.1) is 11.8 Å². The summed E-state index contributed by atoms with van der Waals surface area (Å²) in [6.45, 7) is 1.49. The van der Waals surface area contributed by atoms with Crippen LogP contribution < -0.4 is 0 Å². The number of rotatable bonds is 10. The van der Waals surface area contributed by atoms with Crippen LogP contribution in [0.25, 0.3) is 0 Å². The Bertz CT molecular complexity index is 845. The highest BCUT2D eigenvalue weighted by atomic mass is 16.6. The first-order chi connectivity index (χ1) is 15.7. The highest BCUT2D eigenvalue weighted by Gasteiger charge is 2.57. The zero-order valence-electron chi connectivity index (χ0n) is 19.2. The van der Waals surface area contributed by atoms with Gasteiger partial charge in [0.15, 0.2) is 5.78 Å². The molecule has 1 aliphatic carbocycles. The molecule has 0 heterocycles. The van der Waals surface area contributed by atoms with Crippen LogP contribution in [-0.4, -0.2) is 82.2 Å². The molecular weight excluding hydrogens is 436 g/mol. The summed E-state index contributed by atoms with van der Waals surface area (Å²) in [6.07, 6.45) is -0.433. The molecule has 4 unspecified atom stereocenters. The maximum atomic E-state index is 13.0. The second kappa shape index (κ2) is 11.9. The van der Waals surface area contributed by atoms with Gasteiger partial charge in [0, 0.05) is 26.6 Å². The number of aliphatic hydroxyl groups is 1. The fourth-order valence-corrected chi connectivity index (χ4v) is 4.01. The molecule has 33 heavy (non-hydrogen) atoms. The first kappa shape index (κ1) is 26.4. The highest BCUT2D eigenvalue weighted by Crippen LogP contribution is 2.46. The van der Waals surface area contributed by atoms with Gasteiger partial charge in [-0.2, -0.15) is 0 Å². The average molecular weight is 466 g/mol. The van der Waals surface area contributed by atoms with Crippen LogP contribution in [0.3, 0.4) is 0 Å². The van der Waals surface area contributed by atoms with Gasteiger partial charge in [-0.3, -0.25) is 14.4 Å². The number of esters is 3. The van der Waals surface area contributed by atoms with Crippen LogP contribution in [0.5, 0.6) is 0 Å². The van der Waals surface area contributed by atoms with Crippen molar-refractivity contribution in [2.75, 3.05) is 47.8 Å². The Balaban J connectivity index is 2.50. The van der Waals surface area contributed by atoms with Gasteiger partial charge in [-0.25, -0.2) is 4.79 Å². The number of ketones is 1. The zero-order chi connectivity index (χ0) is 24.6. The third-order valence-corrected chi connectivity index (χ3v) is 5.56. The summed E-state index contributed by atoms with van der Waals surface area (Å²) < 4.78 is 24.9. The Morgan fingerprint density at radius 3 is 2.00 bits per heavy atom. The lowest BCUT2D eigenvalue weighted by Crippen LogP contribution is -2.55. The van der Waals surface area contributed by atoms with Crippen LogP contribution in [0.1, 0.15) is 35.2 Å². The maximum absolute atomic E-state index is 13.0. The Morgan fingerprint density at radius 1 is 0.939 bits per heavy atom. The molecule has 4 atom stereocenters. The van der Waals surface area contributed by atoms with E-state index in [1.54, 1.807) is 0 Å². The van der Waals surface area contributed by atoms with Gasteiger partial charge in [0.05, 0.1) is 37.4 Å². The summed E-state index contributed by atoms with van der Waals surface area (Å²) in [6, 6.07) is 5.93. The first-order valence-corrected chi connectivity index (χ1v) is 10.4. The van der Waals surface area contributed by atoms with Gasteiger partial charge in [0.2, 0.25) is 0 Å². The smallest absolute Gasteiger partial charge is 0.337 e. The lowest BCUT2D eigenvalue weighted by atomic mass is 9.61. The van der Waals surface area contributed by atoms with Crippen molar-refractivity contribution >= 4 is 23.7 Å². The fourth-order valence-electron chi connectivity index (χ4n) is 4.01. The molecule has 1 aromatic carbocycles. The topological polar surface area (TPSA) is 135 Å². The fraction of sp³-hybridized carbons (Fsp3) is 0.565. The minimum atomic E-state index is -1.78. The van der Waals surface area contributed by atoms with Crippen LogP contribution in [0.15, 0.2) is 24.3 Å². The van der Waals surface area contributed by atoms with Gasteiger partial charge in [-0.15, -0.1) is 0 Å². The molecule has 1 aromatic rings. The van der Waals surface area contributed by atoms with Gasteiger partial charge in [-0.05, 0) is 24.6 Å². The summed E-state index contributed by atoms with van der Waals surface area (Å²) in [4.78, 5) is 50.7. The van der Waals surface area contributed by atoms with E-state index in [2.05, 4.69) is 0 Å². The van der Waals surface area contributed by atoms with E-state index in [-0.39, 0.29) is 32.0 Å². The van der Waals surface area contributed by atoms with Crippen LogP contribution in [0.4, 0.5) is 0 Å². The van der Waals surface area contributed by atoms with Crippen LogP contribution in [0.2, 0.25) is 0 Å². The summed E-state index contributed by atoms with van der Waals surface area (Å²) >= 11 is 0. The molecule has 10 heteroatoms. The standard InChI is InChI=1S/C23H30O10/c1-23(28)13-16(24)18(21(26)32-11-9-29-2)17(19(23)22(27)33-12-10-30-3)14-5-7-15(8-6-14)20(25)31-4/h5-8,17-19,28H,9-13H2,1-4H3. The quantitative estimate of drug-likeness (QED) is 0.229. The van der Waals surface area contributed by atoms with E-state index in [0.717, 1.165) is 0 Å². The Kier molecular flexibility index (Phi) is 9.51. The zero-order valence-corrected chi connectivity index (χ0v) is 19.2. The van der Waals surface area contributed by atoms with E-state index in [0.29, 0.717) is 5.56 Å². The van der Waals surface area contributed by atoms with Crippen LogP contribution >= 0.6 is 0 Å². The molecule has 0 bridgehead atoms. The average Bonchev–Trinajstić information content (AvgIpc) is 2.77. The molecule has 0 aromatic heterocycles. The number of hydrogen-bond donors (Lipinski definition) is 1. The van der Waals surface area contributed by atoms with Crippen molar-refractivity contribution in [3.05, 3.63) is 35.4 Å². The molecular formula is C23H30O10. The van der Waals surface area contributed by atoms with E-state index < -0.39 is 53.5 Å². The van der Waals surface area contributed by atoms with E-state index in [4.69, 9.17) is 23.7 Å². The van der Waals surface area contributed by atoms with E-state index in [9.17, 15) is 24.3 Å². The molecule has 0 aliphatic heterocycles. The van der Waals surface area contributed by atoms with E-state index >= 15 is 0 Å². The number of carbonyl (C=O) groups is 4. The SMILES string of the molecule is COCCOC(=O)C1C(=O)CC(C)(O)C(C(=O)OCCOC)C1c1ccc(C(=O)OC)cc1. The molecule has 182 valence electrons. The van der Waals surface area contributed by atoms with Crippen molar-refractivity contribution < 1.29 is 48.0 Å². The van der Waals surface area contributed by atoms with E-state index in [1.807, 2.05) is 0 Å². The summed E-state index contributed by atoms with van der Waals surface area (Å²) in [5.74, 6) is -6.43. The third kappa shape index (κ3) is 6.37. The second-order valence-electron chi connectivity index (χ2n) is 7.92. The molecule has 2 rings (SSSR count). The van der Waals surface area contributed by atoms with Gasteiger partial charge < -0.3 is 28.8 Å². The van der Waals surface area contributed by atoms with Crippen molar-refractivity contribution in [1.29, 1.82) is 0 Å². The minimum absolute atomic E-state index is 0.0627. The van der Waals surface area contributed by atoms with Crippen molar-refractivity contribution in [2.45, 2.75) is 24.9 Å². The Hall–Kier alpha value is -2.82. The summed E-state index contributed by atoms with van der Waals surface area (Å²) in [5.41, 5.74) is -1.15. The minimum Gasteiger partial charge on any atom is -0.465 e. The predicted molar refractivity (Wildman–Crippen MR) is 113 cm³/mol. The molecule has 1 fully saturated rings. The maximum Gasteiger partial charge on any atom is 0.337 e. The molecule has 1 saturated carbocycles. The van der Waals surface area contributed by atoms with Crippen molar-refractivity contribution in [1.82, 2.24) is 0 Å². The largest absolute Gasteiger partial charge is 0.465 e. The number of ether oxygens (including phenoxy) is 5. The molecule has 1 N–H and O–H groups in total. The third-order valence-electron chi connectivity index (χ3n) is 5.56. The number of methoxy groups -OCH3 is 3. The van der Waals surface area contributed by atoms with Crippen molar-refractivity contribution in [2.24, 2.45) is 11.8 Å². The molecule has 10 nitrogen and oxygen atoms in total. The van der Waals surface area contributed by atoms with Crippen molar-refractivity contribution in [3.8, 4) is 0 Å². The molecule has 0 amide bonds. The van der Waals surface area contributed by atoms with Gasteiger partial charge >= 0.3 is 17.9 Å². The second-order valence-corrected chi connectivity index (χ2v) is 7.92. The number of carbonyl (C=O) groups excluding carboxylic acids is 4. The number of Topliss-reactive ketones (excluding diaryl/α,β-unsaturated/α-hetero) is 1. The van der Waals surface area contributed by atoms with E-state index in [1.165, 1.54) is 52.5 Å². The summed E-state index contributed by atoms with van der Waals surface area (Å²) in [7, 11) is 4.13. The first-order valence-electron chi connectivity index (χ1n) is 10.4. The van der Waals surface area contributed by atoms with Crippen molar-refractivity contribution in [3.63, 3.8) is 0 Å². The Morgan fingerprint density at radius 2 is 1.48 bits per heavy atom. The van der Waals surface area contributed by atoms with Gasteiger partial charge in [-0.1, -0.05) is 12.1 Å². The monoisotopic (exact) mass is 466 g/mol.